The van der Waals surface area contributed by atoms with Crippen LogP contribution in [0.4, 0.5) is 0 Å². The number of rotatable bonds is 4. The van der Waals surface area contributed by atoms with E-state index in [1.807, 2.05) is 20.8 Å². The Balaban J connectivity index is 4.00. The number of ketones is 1. The van der Waals surface area contributed by atoms with E-state index < -0.39 is 0 Å². The fourth-order valence-electron chi connectivity index (χ4n) is 0.972. The lowest BCUT2D eigenvalue weighted by molar-refractivity contribution is -0.112. The molecule has 0 saturated heterocycles. The minimum atomic E-state index is -0.333. The standard InChI is InChI=1S/C10H18O2/c1-7(2)10(12)6-8(3)5-9(4)11/h5,7,10,12H,6H2,1-4H3. The minimum Gasteiger partial charge on any atom is -0.393 e. The minimum absolute atomic E-state index is 0.0449. The molecule has 0 radical (unpaired) electrons. The highest BCUT2D eigenvalue weighted by Crippen LogP contribution is 2.11. The molecule has 0 heterocycles. The van der Waals surface area contributed by atoms with E-state index in [1.165, 1.54) is 6.92 Å². The van der Waals surface area contributed by atoms with Gasteiger partial charge in [0, 0.05) is 0 Å². The molecule has 0 rings (SSSR count). The predicted octanol–water partition coefficient (Wildman–Crippen LogP) is 1.93. The van der Waals surface area contributed by atoms with Gasteiger partial charge in [0.05, 0.1) is 6.10 Å². The molecule has 0 fully saturated rings. The summed E-state index contributed by atoms with van der Waals surface area (Å²) in [6, 6.07) is 0. The summed E-state index contributed by atoms with van der Waals surface area (Å²) in [6.07, 6.45) is 1.84. The van der Waals surface area contributed by atoms with E-state index in [9.17, 15) is 9.90 Å². The van der Waals surface area contributed by atoms with Crippen LogP contribution < -0.4 is 0 Å². The van der Waals surface area contributed by atoms with Gasteiger partial charge in [-0.1, -0.05) is 19.4 Å². The van der Waals surface area contributed by atoms with Crippen LogP contribution in [0, 0.1) is 5.92 Å². The van der Waals surface area contributed by atoms with Gasteiger partial charge in [0.25, 0.3) is 0 Å². The number of allylic oxidation sites excluding steroid dienone is 1. The molecule has 1 unspecified atom stereocenters. The Kier molecular flexibility index (Phi) is 4.83. The van der Waals surface area contributed by atoms with Gasteiger partial charge in [-0.2, -0.15) is 0 Å². The Morgan fingerprint density at radius 2 is 1.92 bits per heavy atom. The molecule has 0 aliphatic heterocycles. The van der Waals surface area contributed by atoms with Crippen LogP contribution in [0.1, 0.15) is 34.1 Å². The number of carbonyl (C=O) groups excluding carboxylic acids is 1. The van der Waals surface area contributed by atoms with Crippen LogP contribution in [-0.4, -0.2) is 17.0 Å². The predicted molar refractivity (Wildman–Crippen MR) is 49.9 cm³/mol. The third-order valence-corrected chi connectivity index (χ3v) is 1.75. The molecule has 2 heteroatoms. The Morgan fingerprint density at radius 1 is 1.42 bits per heavy atom. The van der Waals surface area contributed by atoms with Gasteiger partial charge in [0.2, 0.25) is 0 Å². The van der Waals surface area contributed by atoms with Gasteiger partial charge in [0.1, 0.15) is 0 Å². The van der Waals surface area contributed by atoms with Crippen molar-refractivity contribution in [1.29, 1.82) is 0 Å². The van der Waals surface area contributed by atoms with Crippen molar-refractivity contribution in [1.82, 2.24) is 0 Å². The topological polar surface area (TPSA) is 37.3 Å². The van der Waals surface area contributed by atoms with Gasteiger partial charge in [-0.15, -0.1) is 0 Å². The summed E-state index contributed by atoms with van der Waals surface area (Å²) in [7, 11) is 0. The number of hydrogen-bond acceptors (Lipinski definition) is 2. The van der Waals surface area contributed by atoms with E-state index in [2.05, 4.69) is 0 Å². The van der Waals surface area contributed by atoms with E-state index in [1.54, 1.807) is 6.08 Å². The molecule has 0 aliphatic rings. The molecular formula is C10H18O2. The number of hydrogen-bond donors (Lipinski definition) is 1. The molecule has 0 aliphatic carbocycles. The molecule has 0 amide bonds. The molecule has 70 valence electrons. The van der Waals surface area contributed by atoms with Crippen LogP contribution in [0.15, 0.2) is 11.6 Å². The maximum Gasteiger partial charge on any atom is 0.152 e. The zero-order valence-electron chi connectivity index (χ0n) is 8.29. The fraction of sp³-hybridized carbons (Fsp3) is 0.700. The summed E-state index contributed by atoms with van der Waals surface area (Å²) in [5.41, 5.74) is 0.948. The normalized spacial score (nSPS) is 15.0. The molecule has 0 saturated carbocycles. The monoisotopic (exact) mass is 170 g/mol. The van der Waals surface area contributed by atoms with Crippen molar-refractivity contribution >= 4 is 5.78 Å². The van der Waals surface area contributed by atoms with Gasteiger partial charge >= 0.3 is 0 Å². The molecule has 0 spiro atoms. The van der Waals surface area contributed by atoms with Crippen molar-refractivity contribution in [3.05, 3.63) is 11.6 Å². The van der Waals surface area contributed by atoms with Crippen molar-refractivity contribution in [3.63, 3.8) is 0 Å². The van der Waals surface area contributed by atoms with Crippen LogP contribution in [0.2, 0.25) is 0 Å². The first-order valence-electron chi connectivity index (χ1n) is 4.29. The average molecular weight is 170 g/mol. The Morgan fingerprint density at radius 3 is 2.25 bits per heavy atom. The van der Waals surface area contributed by atoms with Gasteiger partial charge in [-0.05, 0) is 32.3 Å². The highest BCUT2D eigenvalue weighted by molar-refractivity contribution is 5.87. The van der Waals surface area contributed by atoms with Crippen molar-refractivity contribution in [2.45, 2.75) is 40.2 Å². The Bertz CT molecular complexity index is 180. The average Bonchev–Trinajstić information content (AvgIpc) is 1.84. The van der Waals surface area contributed by atoms with E-state index in [-0.39, 0.29) is 17.8 Å². The molecule has 12 heavy (non-hydrogen) atoms. The zero-order chi connectivity index (χ0) is 9.72. The molecule has 0 aromatic heterocycles. The van der Waals surface area contributed by atoms with Gasteiger partial charge < -0.3 is 5.11 Å². The second-order valence-corrected chi connectivity index (χ2v) is 3.62. The second kappa shape index (κ2) is 5.09. The number of carbonyl (C=O) groups is 1. The van der Waals surface area contributed by atoms with Gasteiger partial charge in [-0.3, -0.25) is 4.79 Å². The first-order chi connectivity index (χ1) is 5.43. The summed E-state index contributed by atoms with van der Waals surface area (Å²) in [6.45, 7) is 7.32. The molecule has 1 atom stereocenters. The quantitative estimate of drug-likeness (QED) is 0.654. The summed E-state index contributed by atoms with van der Waals surface area (Å²) >= 11 is 0. The molecule has 0 bridgehead atoms. The third kappa shape index (κ3) is 5.08. The van der Waals surface area contributed by atoms with Crippen molar-refractivity contribution in [2.24, 2.45) is 5.92 Å². The van der Waals surface area contributed by atoms with Crippen LogP contribution >= 0.6 is 0 Å². The van der Waals surface area contributed by atoms with Crippen LogP contribution in [0.25, 0.3) is 0 Å². The second-order valence-electron chi connectivity index (χ2n) is 3.62. The Hall–Kier alpha value is -0.630. The van der Waals surface area contributed by atoms with Crippen molar-refractivity contribution in [3.8, 4) is 0 Å². The lowest BCUT2D eigenvalue weighted by atomic mass is 10.00. The summed E-state index contributed by atoms with van der Waals surface area (Å²) in [5.74, 6) is 0.295. The zero-order valence-corrected chi connectivity index (χ0v) is 8.29. The summed E-state index contributed by atoms with van der Waals surface area (Å²) in [4.78, 5) is 10.6. The van der Waals surface area contributed by atoms with Crippen LogP contribution in [0.3, 0.4) is 0 Å². The maximum atomic E-state index is 10.6. The maximum absolute atomic E-state index is 10.6. The Labute approximate surface area is 74.3 Å². The number of aliphatic hydroxyl groups excluding tert-OH is 1. The highest BCUT2D eigenvalue weighted by atomic mass is 16.3. The molecule has 1 N–H and O–H groups in total. The largest absolute Gasteiger partial charge is 0.393 e. The fourth-order valence-corrected chi connectivity index (χ4v) is 0.972. The highest BCUT2D eigenvalue weighted by Gasteiger charge is 2.09. The lowest BCUT2D eigenvalue weighted by Crippen LogP contribution is -2.14. The molecule has 2 nitrogen and oxygen atoms in total. The van der Waals surface area contributed by atoms with E-state index in [0.29, 0.717) is 6.42 Å². The van der Waals surface area contributed by atoms with Gasteiger partial charge in [0.15, 0.2) is 5.78 Å². The first-order valence-corrected chi connectivity index (χ1v) is 4.29. The smallest absolute Gasteiger partial charge is 0.152 e. The van der Waals surface area contributed by atoms with Crippen molar-refractivity contribution < 1.29 is 9.90 Å². The lowest BCUT2D eigenvalue weighted by Gasteiger charge is -2.13. The van der Waals surface area contributed by atoms with Gasteiger partial charge in [-0.25, -0.2) is 0 Å². The number of aliphatic hydroxyl groups is 1. The van der Waals surface area contributed by atoms with Crippen LogP contribution in [-0.2, 0) is 4.79 Å². The molecule has 0 aromatic carbocycles. The van der Waals surface area contributed by atoms with Crippen molar-refractivity contribution in [2.75, 3.05) is 0 Å². The van der Waals surface area contributed by atoms with E-state index in [0.717, 1.165) is 5.57 Å². The van der Waals surface area contributed by atoms with E-state index >= 15 is 0 Å². The SMILES string of the molecule is CC(=O)C=C(C)CC(O)C(C)C. The van der Waals surface area contributed by atoms with E-state index in [4.69, 9.17) is 0 Å². The van der Waals surface area contributed by atoms with Crippen LogP contribution in [0.5, 0.6) is 0 Å². The third-order valence-electron chi connectivity index (χ3n) is 1.75. The summed E-state index contributed by atoms with van der Waals surface area (Å²) < 4.78 is 0. The molecule has 0 aromatic rings. The molecular weight excluding hydrogens is 152 g/mol. The first kappa shape index (κ1) is 11.4. The summed E-state index contributed by atoms with van der Waals surface area (Å²) in [5, 5.41) is 9.46.